The molecule has 1 aliphatic rings. The fourth-order valence-corrected chi connectivity index (χ4v) is 2.59. The number of carbonyl (C=O) groups excluding carboxylic acids is 1. The van der Waals surface area contributed by atoms with E-state index < -0.39 is 0 Å². The van der Waals surface area contributed by atoms with Crippen LogP contribution in [0.3, 0.4) is 0 Å². The number of aromatic nitrogens is 1. The predicted octanol–water partition coefficient (Wildman–Crippen LogP) is 2.44. The van der Waals surface area contributed by atoms with Crippen LogP contribution < -0.4 is 10.6 Å². The van der Waals surface area contributed by atoms with E-state index in [9.17, 15) is 4.79 Å². The Hall–Kier alpha value is -2.30. The summed E-state index contributed by atoms with van der Waals surface area (Å²) in [5.41, 5.74) is 2.31. The van der Waals surface area contributed by atoms with Gasteiger partial charge in [-0.05, 0) is 31.9 Å². The monoisotopic (exact) mass is 285 g/mol. The molecule has 5 nitrogen and oxygen atoms in total. The molecule has 0 saturated heterocycles. The topological polar surface area (TPSA) is 67.2 Å². The lowest BCUT2D eigenvalue weighted by atomic mass is 9.93. The maximum Gasteiger partial charge on any atom is 0.225 e. The lowest BCUT2D eigenvalue weighted by Gasteiger charge is -2.26. The van der Waals surface area contributed by atoms with E-state index in [4.69, 9.17) is 4.42 Å². The SMILES string of the molecule is Cc1cnc(C(C)NC(=O)C2CNc3ccccc3C2)o1. The number of para-hydroxylation sites is 1. The van der Waals surface area contributed by atoms with Gasteiger partial charge in [0.2, 0.25) is 11.8 Å². The standard InChI is InChI=1S/C16H19N3O2/c1-10-8-18-16(21-10)11(2)19-15(20)13-7-12-5-3-4-6-14(12)17-9-13/h3-6,8,11,13,17H,7,9H2,1-2H3,(H,19,20). The molecule has 2 atom stereocenters. The quantitative estimate of drug-likeness (QED) is 0.909. The van der Waals surface area contributed by atoms with Crippen LogP contribution in [0.1, 0.15) is 30.2 Å². The molecular formula is C16H19N3O2. The number of anilines is 1. The Balaban J connectivity index is 1.64. The third kappa shape index (κ3) is 2.91. The second-order valence-electron chi connectivity index (χ2n) is 5.48. The van der Waals surface area contributed by atoms with E-state index in [2.05, 4.69) is 21.7 Å². The summed E-state index contributed by atoms with van der Waals surface area (Å²) in [6.07, 6.45) is 2.42. The van der Waals surface area contributed by atoms with Crippen molar-refractivity contribution in [3.05, 3.63) is 47.7 Å². The molecule has 1 aliphatic heterocycles. The maximum absolute atomic E-state index is 12.4. The van der Waals surface area contributed by atoms with Gasteiger partial charge in [0.05, 0.1) is 12.1 Å². The normalized spacial score (nSPS) is 18.5. The van der Waals surface area contributed by atoms with Crippen molar-refractivity contribution in [2.45, 2.75) is 26.3 Å². The van der Waals surface area contributed by atoms with Gasteiger partial charge < -0.3 is 15.1 Å². The molecule has 0 radical (unpaired) electrons. The van der Waals surface area contributed by atoms with Crippen LogP contribution in [0.5, 0.6) is 0 Å². The van der Waals surface area contributed by atoms with Crippen LogP contribution in [-0.2, 0) is 11.2 Å². The molecule has 0 spiro atoms. The zero-order chi connectivity index (χ0) is 14.8. The highest BCUT2D eigenvalue weighted by atomic mass is 16.4. The molecule has 0 aliphatic carbocycles. The summed E-state index contributed by atoms with van der Waals surface area (Å²) < 4.78 is 5.45. The van der Waals surface area contributed by atoms with E-state index in [1.54, 1.807) is 6.20 Å². The van der Waals surface area contributed by atoms with Gasteiger partial charge >= 0.3 is 0 Å². The van der Waals surface area contributed by atoms with Crippen LogP contribution in [0.2, 0.25) is 0 Å². The summed E-state index contributed by atoms with van der Waals surface area (Å²) in [5.74, 6) is 1.25. The van der Waals surface area contributed by atoms with Crippen molar-refractivity contribution in [2.75, 3.05) is 11.9 Å². The Morgan fingerprint density at radius 1 is 1.48 bits per heavy atom. The number of carbonyl (C=O) groups is 1. The van der Waals surface area contributed by atoms with Crippen LogP contribution in [-0.4, -0.2) is 17.4 Å². The van der Waals surface area contributed by atoms with Crippen molar-refractivity contribution in [1.82, 2.24) is 10.3 Å². The second-order valence-corrected chi connectivity index (χ2v) is 5.48. The Kier molecular flexibility index (Phi) is 3.64. The molecule has 0 saturated carbocycles. The van der Waals surface area contributed by atoms with Crippen molar-refractivity contribution >= 4 is 11.6 Å². The number of rotatable bonds is 3. The van der Waals surface area contributed by atoms with E-state index in [-0.39, 0.29) is 17.9 Å². The number of nitrogens with zero attached hydrogens (tertiary/aromatic N) is 1. The number of nitrogens with one attached hydrogen (secondary N) is 2. The summed E-state index contributed by atoms with van der Waals surface area (Å²) in [7, 11) is 0. The Bertz CT molecular complexity index is 650. The smallest absolute Gasteiger partial charge is 0.225 e. The summed E-state index contributed by atoms with van der Waals surface area (Å²) in [6, 6.07) is 7.88. The van der Waals surface area contributed by atoms with Gasteiger partial charge in [-0.1, -0.05) is 18.2 Å². The van der Waals surface area contributed by atoms with Gasteiger partial charge in [-0.2, -0.15) is 0 Å². The summed E-state index contributed by atoms with van der Waals surface area (Å²) in [4.78, 5) is 16.5. The lowest BCUT2D eigenvalue weighted by Crippen LogP contribution is -2.39. The molecule has 2 unspecified atom stereocenters. The fraction of sp³-hybridized carbons (Fsp3) is 0.375. The highest BCUT2D eigenvalue weighted by molar-refractivity contribution is 5.81. The molecule has 5 heteroatoms. The molecule has 0 bridgehead atoms. The molecular weight excluding hydrogens is 266 g/mol. The summed E-state index contributed by atoms with van der Waals surface area (Å²) in [5, 5.41) is 6.29. The third-order valence-corrected chi connectivity index (χ3v) is 3.76. The number of hydrogen-bond donors (Lipinski definition) is 2. The number of benzene rings is 1. The average Bonchev–Trinajstić information content (AvgIpc) is 2.93. The Morgan fingerprint density at radius 2 is 2.29 bits per heavy atom. The molecule has 110 valence electrons. The Labute approximate surface area is 123 Å². The number of amides is 1. The van der Waals surface area contributed by atoms with Gasteiger partial charge in [0, 0.05) is 12.2 Å². The maximum atomic E-state index is 12.4. The van der Waals surface area contributed by atoms with Crippen LogP contribution in [0.25, 0.3) is 0 Å². The number of fused-ring (bicyclic) bond motifs is 1. The lowest BCUT2D eigenvalue weighted by molar-refractivity contribution is -0.125. The molecule has 1 aromatic carbocycles. The van der Waals surface area contributed by atoms with Crippen LogP contribution in [0.4, 0.5) is 5.69 Å². The van der Waals surface area contributed by atoms with Gasteiger partial charge in [-0.3, -0.25) is 4.79 Å². The molecule has 0 fully saturated rings. The highest BCUT2D eigenvalue weighted by Crippen LogP contribution is 2.24. The average molecular weight is 285 g/mol. The molecule has 1 aromatic heterocycles. The molecule has 3 rings (SSSR count). The molecule has 2 aromatic rings. The van der Waals surface area contributed by atoms with E-state index in [0.717, 1.165) is 17.9 Å². The van der Waals surface area contributed by atoms with Crippen molar-refractivity contribution < 1.29 is 9.21 Å². The van der Waals surface area contributed by atoms with E-state index in [0.29, 0.717) is 12.4 Å². The van der Waals surface area contributed by atoms with Gasteiger partial charge in [0.1, 0.15) is 11.8 Å². The van der Waals surface area contributed by atoms with Gasteiger partial charge in [0.15, 0.2) is 0 Å². The number of hydrogen-bond acceptors (Lipinski definition) is 4. The van der Waals surface area contributed by atoms with Crippen molar-refractivity contribution in [2.24, 2.45) is 5.92 Å². The first kappa shape index (κ1) is 13.7. The second kappa shape index (κ2) is 5.60. The predicted molar refractivity (Wildman–Crippen MR) is 79.9 cm³/mol. The largest absolute Gasteiger partial charge is 0.444 e. The minimum absolute atomic E-state index is 0.0281. The van der Waals surface area contributed by atoms with E-state index in [1.165, 1.54) is 5.56 Å². The van der Waals surface area contributed by atoms with E-state index >= 15 is 0 Å². The fourth-order valence-electron chi connectivity index (χ4n) is 2.59. The first-order valence-electron chi connectivity index (χ1n) is 7.18. The zero-order valence-electron chi connectivity index (χ0n) is 12.2. The molecule has 2 N–H and O–H groups in total. The van der Waals surface area contributed by atoms with Crippen molar-refractivity contribution in [3.8, 4) is 0 Å². The van der Waals surface area contributed by atoms with Gasteiger partial charge in [0.25, 0.3) is 0 Å². The number of aryl methyl sites for hydroxylation is 1. The van der Waals surface area contributed by atoms with Crippen LogP contribution in [0.15, 0.2) is 34.9 Å². The van der Waals surface area contributed by atoms with Gasteiger partial charge in [-0.25, -0.2) is 4.98 Å². The van der Waals surface area contributed by atoms with Crippen LogP contribution >= 0.6 is 0 Å². The molecule has 2 heterocycles. The van der Waals surface area contributed by atoms with Gasteiger partial charge in [-0.15, -0.1) is 0 Å². The first-order chi connectivity index (χ1) is 10.1. The molecule has 1 amide bonds. The van der Waals surface area contributed by atoms with Crippen molar-refractivity contribution in [1.29, 1.82) is 0 Å². The number of oxazole rings is 1. The minimum Gasteiger partial charge on any atom is -0.444 e. The molecule has 21 heavy (non-hydrogen) atoms. The summed E-state index contributed by atoms with van der Waals surface area (Å²) >= 11 is 0. The third-order valence-electron chi connectivity index (χ3n) is 3.76. The van der Waals surface area contributed by atoms with Crippen molar-refractivity contribution in [3.63, 3.8) is 0 Å². The summed E-state index contributed by atoms with van der Waals surface area (Å²) in [6.45, 7) is 4.38. The first-order valence-corrected chi connectivity index (χ1v) is 7.18. The minimum atomic E-state index is -0.219. The zero-order valence-corrected chi connectivity index (χ0v) is 12.2. The Morgan fingerprint density at radius 3 is 3.05 bits per heavy atom. The van der Waals surface area contributed by atoms with Crippen LogP contribution in [0, 0.1) is 12.8 Å². The van der Waals surface area contributed by atoms with E-state index in [1.807, 2.05) is 32.0 Å². The highest BCUT2D eigenvalue weighted by Gasteiger charge is 2.26.